The Morgan fingerprint density at radius 3 is 2.84 bits per heavy atom. The van der Waals surface area contributed by atoms with Crippen molar-refractivity contribution in [3.63, 3.8) is 0 Å². The second-order valence-electron chi connectivity index (χ2n) is 6.80. The Labute approximate surface area is 146 Å². The molecule has 1 amide bonds. The smallest absolute Gasteiger partial charge is 0.257 e. The zero-order valence-corrected chi connectivity index (χ0v) is 14.6. The minimum absolute atomic E-state index is 0.00905. The van der Waals surface area contributed by atoms with Gasteiger partial charge >= 0.3 is 0 Å². The van der Waals surface area contributed by atoms with Gasteiger partial charge < -0.3 is 14.4 Å². The van der Waals surface area contributed by atoms with Crippen LogP contribution in [0, 0.1) is 24.2 Å². The van der Waals surface area contributed by atoms with Crippen LogP contribution in [0.1, 0.15) is 53.2 Å². The number of rotatable bonds is 4. The Morgan fingerprint density at radius 2 is 2.28 bits per heavy atom. The van der Waals surface area contributed by atoms with Gasteiger partial charge in [-0.05, 0) is 26.3 Å². The van der Waals surface area contributed by atoms with Crippen LogP contribution in [-0.4, -0.2) is 45.4 Å². The Bertz CT molecular complexity index is 815. The first-order valence-corrected chi connectivity index (χ1v) is 8.39. The number of furan rings is 1. The molecule has 1 aliphatic rings. The third kappa shape index (κ3) is 3.17. The standard InChI is InChI=1S/C18H22N4O3/c1-11(2)22-8-13(6-20-22)17-9-21(7-14(17)10-23)18(24)16-4-15(5-19)25-12(16)3/h4,6,8,11,14,17,23H,7,9-10H2,1-3H3/t14-,17-/m0/s1. The molecule has 0 unspecified atom stereocenters. The van der Waals surface area contributed by atoms with Crippen LogP contribution in [0.3, 0.4) is 0 Å². The number of aromatic nitrogens is 2. The third-order valence-corrected chi connectivity index (χ3v) is 4.80. The van der Waals surface area contributed by atoms with Crippen molar-refractivity contribution in [2.45, 2.75) is 32.7 Å². The van der Waals surface area contributed by atoms with Gasteiger partial charge in [0.1, 0.15) is 11.8 Å². The van der Waals surface area contributed by atoms with Crippen LogP contribution in [-0.2, 0) is 0 Å². The van der Waals surface area contributed by atoms with Gasteiger partial charge in [0.25, 0.3) is 5.91 Å². The molecular weight excluding hydrogens is 320 g/mol. The lowest BCUT2D eigenvalue weighted by Crippen LogP contribution is -2.29. The van der Waals surface area contributed by atoms with Gasteiger partial charge in [-0.2, -0.15) is 10.4 Å². The van der Waals surface area contributed by atoms with Crippen LogP contribution in [0.25, 0.3) is 0 Å². The highest BCUT2D eigenvalue weighted by molar-refractivity contribution is 5.95. The highest BCUT2D eigenvalue weighted by atomic mass is 16.3. The fourth-order valence-corrected chi connectivity index (χ4v) is 3.35. The molecule has 3 rings (SSSR count). The van der Waals surface area contributed by atoms with Crippen LogP contribution in [0.4, 0.5) is 0 Å². The number of amides is 1. The van der Waals surface area contributed by atoms with Gasteiger partial charge in [-0.3, -0.25) is 9.48 Å². The number of aliphatic hydroxyl groups excluding tert-OH is 1. The van der Waals surface area contributed by atoms with Crippen LogP contribution < -0.4 is 0 Å². The fraction of sp³-hybridized carbons (Fsp3) is 0.500. The molecule has 0 aliphatic carbocycles. The quantitative estimate of drug-likeness (QED) is 0.918. The van der Waals surface area contributed by atoms with E-state index in [0.717, 1.165) is 5.56 Å². The number of hydrogen-bond donors (Lipinski definition) is 1. The van der Waals surface area contributed by atoms with Crippen molar-refractivity contribution >= 4 is 5.91 Å². The summed E-state index contributed by atoms with van der Waals surface area (Å²) in [6.45, 7) is 6.78. The van der Waals surface area contributed by atoms with E-state index in [1.165, 1.54) is 6.07 Å². The van der Waals surface area contributed by atoms with E-state index in [1.807, 2.05) is 23.1 Å². The lowest BCUT2D eigenvalue weighted by atomic mass is 9.92. The maximum absolute atomic E-state index is 12.8. The van der Waals surface area contributed by atoms with E-state index in [-0.39, 0.29) is 36.2 Å². The molecule has 0 aromatic carbocycles. The first kappa shape index (κ1) is 17.2. The highest BCUT2D eigenvalue weighted by Gasteiger charge is 2.37. The largest absolute Gasteiger partial charge is 0.450 e. The molecule has 1 aliphatic heterocycles. The maximum atomic E-state index is 12.8. The zero-order valence-electron chi connectivity index (χ0n) is 14.6. The molecule has 7 nitrogen and oxygen atoms in total. The van der Waals surface area contributed by atoms with E-state index < -0.39 is 0 Å². The zero-order chi connectivity index (χ0) is 18.1. The molecule has 2 atom stereocenters. The van der Waals surface area contributed by atoms with Crippen molar-refractivity contribution in [2.75, 3.05) is 19.7 Å². The topological polar surface area (TPSA) is 95.3 Å². The predicted molar refractivity (Wildman–Crippen MR) is 90.0 cm³/mol. The summed E-state index contributed by atoms with van der Waals surface area (Å²) in [4.78, 5) is 14.5. The summed E-state index contributed by atoms with van der Waals surface area (Å²) < 4.78 is 7.15. The van der Waals surface area contributed by atoms with Crippen molar-refractivity contribution in [1.29, 1.82) is 5.26 Å². The number of carbonyl (C=O) groups excluding carboxylic acids is 1. The molecule has 0 spiro atoms. The van der Waals surface area contributed by atoms with Crippen molar-refractivity contribution in [2.24, 2.45) is 5.92 Å². The van der Waals surface area contributed by atoms with Gasteiger partial charge in [0.15, 0.2) is 0 Å². The van der Waals surface area contributed by atoms with E-state index in [4.69, 9.17) is 9.68 Å². The Hall–Kier alpha value is -2.59. The average Bonchev–Trinajstić information content (AvgIpc) is 3.31. The van der Waals surface area contributed by atoms with Crippen LogP contribution in [0.5, 0.6) is 0 Å². The minimum Gasteiger partial charge on any atom is -0.450 e. The van der Waals surface area contributed by atoms with E-state index in [9.17, 15) is 9.90 Å². The molecule has 0 radical (unpaired) electrons. The molecule has 0 bridgehead atoms. The summed E-state index contributed by atoms with van der Waals surface area (Å²) in [6, 6.07) is 3.66. The number of aryl methyl sites for hydroxylation is 1. The van der Waals surface area contributed by atoms with Gasteiger partial charge in [-0.25, -0.2) is 0 Å². The van der Waals surface area contributed by atoms with Crippen molar-refractivity contribution in [1.82, 2.24) is 14.7 Å². The Morgan fingerprint density at radius 1 is 1.52 bits per heavy atom. The molecule has 2 aromatic heterocycles. The highest BCUT2D eigenvalue weighted by Crippen LogP contribution is 2.34. The third-order valence-electron chi connectivity index (χ3n) is 4.80. The van der Waals surface area contributed by atoms with Crippen LogP contribution in [0.15, 0.2) is 22.9 Å². The summed E-state index contributed by atoms with van der Waals surface area (Å²) in [6.07, 6.45) is 3.81. The molecule has 2 aromatic rings. The number of nitriles is 1. The summed E-state index contributed by atoms with van der Waals surface area (Å²) >= 11 is 0. The maximum Gasteiger partial charge on any atom is 0.257 e. The molecular formula is C18H22N4O3. The molecule has 25 heavy (non-hydrogen) atoms. The SMILES string of the molecule is Cc1oc(C#N)cc1C(=O)N1C[C@@H](CO)[C@H](c2cnn(C(C)C)c2)C1. The van der Waals surface area contributed by atoms with Crippen LogP contribution >= 0.6 is 0 Å². The second kappa shape index (κ2) is 6.73. The van der Waals surface area contributed by atoms with Crippen molar-refractivity contribution < 1.29 is 14.3 Å². The van der Waals surface area contributed by atoms with Crippen molar-refractivity contribution in [3.8, 4) is 6.07 Å². The monoisotopic (exact) mass is 342 g/mol. The molecule has 132 valence electrons. The molecule has 7 heteroatoms. The number of hydrogen-bond acceptors (Lipinski definition) is 5. The van der Waals surface area contributed by atoms with Gasteiger partial charge in [0.05, 0.1) is 11.8 Å². The predicted octanol–water partition coefficient (Wildman–Crippen LogP) is 2.09. The van der Waals surface area contributed by atoms with Gasteiger partial charge in [0, 0.05) is 49.8 Å². The summed E-state index contributed by atoms with van der Waals surface area (Å²) in [5, 5.41) is 23.0. The lowest BCUT2D eigenvalue weighted by molar-refractivity contribution is 0.0779. The molecule has 1 saturated heterocycles. The van der Waals surface area contributed by atoms with E-state index >= 15 is 0 Å². The fourth-order valence-electron chi connectivity index (χ4n) is 3.35. The average molecular weight is 342 g/mol. The van der Waals surface area contributed by atoms with Gasteiger partial charge in [-0.15, -0.1) is 0 Å². The Balaban J connectivity index is 1.81. The minimum atomic E-state index is -0.167. The normalized spacial score (nSPS) is 20.2. The van der Waals surface area contributed by atoms with Crippen molar-refractivity contribution in [3.05, 3.63) is 41.1 Å². The first-order valence-electron chi connectivity index (χ1n) is 8.39. The second-order valence-corrected chi connectivity index (χ2v) is 6.80. The molecule has 1 N–H and O–H groups in total. The van der Waals surface area contributed by atoms with Gasteiger partial charge in [-0.1, -0.05) is 0 Å². The molecule has 1 fully saturated rings. The summed E-state index contributed by atoms with van der Waals surface area (Å²) in [5.74, 6) is 0.423. The van der Waals surface area contributed by atoms with E-state index in [1.54, 1.807) is 11.8 Å². The first-order chi connectivity index (χ1) is 11.9. The summed E-state index contributed by atoms with van der Waals surface area (Å²) in [5.41, 5.74) is 1.44. The van der Waals surface area contributed by atoms with E-state index in [0.29, 0.717) is 24.4 Å². The summed E-state index contributed by atoms with van der Waals surface area (Å²) in [7, 11) is 0. The molecule has 0 saturated carbocycles. The van der Waals surface area contributed by atoms with Crippen LogP contribution in [0.2, 0.25) is 0 Å². The molecule has 3 heterocycles. The lowest BCUT2D eigenvalue weighted by Gasteiger charge is -2.15. The number of likely N-dealkylation sites (tertiary alicyclic amines) is 1. The number of nitrogens with zero attached hydrogens (tertiary/aromatic N) is 4. The van der Waals surface area contributed by atoms with E-state index in [2.05, 4.69) is 18.9 Å². The Kier molecular flexibility index (Phi) is 4.64. The number of carbonyl (C=O) groups is 1. The van der Waals surface area contributed by atoms with Gasteiger partial charge in [0.2, 0.25) is 5.76 Å². The number of aliphatic hydroxyl groups is 1.